The molecule has 0 atom stereocenters. The van der Waals surface area contributed by atoms with Crippen LogP contribution in [0.5, 0.6) is 0 Å². The van der Waals surface area contributed by atoms with Gasteiger partial charge in [-0.15, -0.1) is 11.3 Å². The molecule has 0 N–H and O–H groups in total. The van der Waals surface area contributed by atoms with Crippen LogP contribution in [0.1, 0.15) is 9.67 Å². The number of aryl methyl sites for hydroxylation is 1. The SMILES string of the molecule is COC(=O)c1sc2cnc(S(C)(=O)=O)nc2c1-c1cccn1C. The molecule has 3 rings (SSSR count). The number of sulfone groups is 1. The zero-order valence-corrected chi connectivity index (χ0v) is 14.2. The molecule has 0 aliphatic carbocycles. The summed E-state index contributed by atoms with van der Waals surface area (Å²) in [5.41, 5.74) is 1.72. The zero-order valence-electron chi connectivity index (χ0n) is 12.6. The Kier molecular flexibility index (Phi) is 3.69. The lowest BCUT2D eigenvalue weighted by Gasteiger charge is -2.05. The van der Waals surface area contributed by atoms with Gasteiger partial charge < -0.3 is 9.30 Å². The molecule has 0 aromatic carbocycles. The summed E-state index contributed by atoms with van der Waals surface area (Å²) in [6, 6.07) is 3.66. The highest BCUT2D eigenvalue weighted by Crippen LogP contribution is 2.38. The monoisotopic (exact) mass is 351 g/mol. The molecule has 0 amide bonds. The first-order valence-corrected chi connectivity index (χ1v) is 9.23. The molecule has 23 heavy (non-hydrogen) atoms. The molecule has 0 bridgehead atoms. The van der Waals surface area contributed by atoms with E-state index in [-0.39, 0.29) is 5.16 Å². The van der Waals surface area contributed by atoms with Gasteiger partial charge in [0.1, 0.15) is 4.88 Å². The molecule has 0 aliphatic rings. The van der Waals surface area contributed by atoms with Crippen molar-refractivity contribution in [3.63, 3.8) is 0 Å². The van der Waals surface area contributed by atoms with Gasteiger partial charge in [0.25, 0.3) is 0 Å². The minimum Gasteiger partial charge on any atom is -0.465 e. The highest BCUT2D eigenvalue weighted by molar-refractivity contribution is 7.90. The van der Waals surface area contributed by atoms with Crippen LogP contribution in [0.2, 0.25) is 0 Å². The minimum atomic E-state index is -3.55. The van der Waals surface area contributed by atoms with Gasteiger partial charge in [-0.05, 0) is 12.1 Å². The van der Waals surface area contributed by atoms with Crippen molar-refractivity contribution in [1.29, 1.82) is 0 Å². The Morgan fingerprint density at radius 2 is 2.13 bits per heavy atom. The molecule has 0 saturated carbocycles. The highest BCUT2D eigenvalue weighted by atomic mass is 32.2. The molecule has 3 heterocycles. The van der Waals surface area contributed by atoms with Crippen LogP contribution in [-0.2, 0) is 21.6 Å². The van der Waals surface area contributed by atoms with Crippen molar-refractivity contribution in [2.45, 2.75) is 5.16 Å². The van der Waals surface area contributed by atoms with E-state index in [1.54, 1.807) is 0 Å². The van der Waals surface area contributed by atoms with Gasteiger partial charge in [0, 0.05) is 25.7 Å². The first-order valence-electron chi connectivity index (χ1n) is 6.52. The maximum Gasteiger partial charge on any atom is 0.348 e. The summed E-state index contributed by atoms with van der Waals surface area (Å²) < 4.78 is 30.7. The van der Waals surface area contributed by atoms with Gasteiger partial charge in [-0.2, -0.15) is 0 Å². The number of thiophene rings is 1. The fourth-order valence-electron chi connectivity index (χ4n) is 2.25. The molecule has 120 valence electrons. The summed E-state index contributed by atoms with van der Waals surface area (Å²) in [5, 5.41) is -0.269. The molecule has 0 saturated heterocycles. The summed E-state index contributed by atoms with van der Waals surface area (Å²) >= 11 is 1.18. The van der Waals surface area contributed by atoms with Crippen LogP contribution in [0.4, 0.5) is 0 Å². The van der Waals surface area contributed by atoms with E-state index in [1.165, 1.54) is 24.6 Å². The maximum atomic E-state index is 12.1. The summed E-state index contributed by atoms with van der Waals surface area (Å²) in [6.07, 6.45) is 4.30. The lowest BCUT2D eigenvalue weighted by Crippen LogP contribution is -2.04. The van der Waals surface area contributed by atoms with Gasteiger partial charge in [-0.1, -0.05) is 0 Å². The third kappa shape index (κ3) is 2.62. The Morgan fingerprint density at radius 3 is 2.70 bits per heavy atom. The van der Waals surface area contributed by atoms with Crippen molar-refractivity contribution in [1.82, 2.24) is 14.5 Å². The molecule has 7 nitrogen and oxygen atoms in total. The van der Waals surface area contributed by atoms with E-state index in [0.717, 1.165) is 11.9 Å². The van der Waals surface area contributed by atoms with Crippen LogP contribution in [0, 0.1) is 0 Å². The topological polar surface area (TPSA) is 91.2 Å². The Labute approximate surface area is 136 Å². The number of fused-ring (bicyclic) bond motifs is 1. The number of aromatic nitrogens is 3. The number of ether oxygens (including phenoxy) is 1. The summed E-state index contributed by atoms with van der Waals surface area (Å²) in [7, 11) is -0.415. The van der Waals surface area contributed by atoms with E-state index in [2.05, 4.69) is 9.97 Å². The van der Waals surface area contributed by atoms with Crippen LogP contribution in [-0.4, -0.2) is 42.3 Å². The number of hydrogen-bond donors (Lipinski definition) is 0. The van der Waals surface area contributed by atoms with Crippen LogP contribution in [0.15, 0.2) is 29.7 Å². The molecule has 3 aromatic rings. The molecule has 9 heteroatoms. The van der Waals surface area contributed by atoms with Crippen molar-refractivity contribution in [2.75, 3.05) is 13.4 Å². The number of esters is 1. The van der Waals surface area contributed by atoms with Crippen LogP contribution < -0.4 is 0 Å². The molecule has 0 aliphatic heterocycles. The van der Waals surface area contributed by atoms with Crippen LogP contribution >= 0.6 is 11.3 Å². The highest BCUT2D eigenvalue weighted by Gasteiger charge is 2.24. The maximum absolute atomic E-state index is 12.1. The lowest BCUT2D eigenvalue weighted by atomic mass is 10.1. The molecule has 3 aromatic heterocycles. The fraction of sp³-hybridized carbons (Fsp3) is 0.214. The van der Waals surface area contributed by atoms with Crippen molar-refractivity contribution in [3.05, 3.63) is 29.4 Å². The minimum absolute atomic E-state index is 0.269. The second kappa shape index (κ2) is 5.43. The molecule has 0 fully saturated rings. The van der Waals surface area contributed by atoms with Crippen molar-refractivity contribution >= 4 is 37.4 Å². The number of carbonyl (C=O) groups is 1. The van der Waals surface area contributed by atoms with Crippen molar-refractivity contribution in [3.8, 4) is 11.3 Å². The Bertz CT molecular complexity index is 1020. The number of nitrogens with zero attached hydrogens (tertiary/aromatic N) is 3. The van der Waals surface area contributed by atoms with E-state index in [9.17, 15) is 13.2 Å². The van der Waals surface area contributed by atoms with Gasteiger partial charge in [-0.25, -0.2) is 23.2 Å². The van der Waals surface area contributed by atoms with Crippen LogP contribution in [0.25, 0.3) is 21.5 Å². The van der Waals surface area contributed by atoms with Gasteiger partial charge in [0.2, 0.25) is 15.0 Å². The number of carbonyl (C=O) groups excluding carboxylic acids is 1. The van der Waals surface area contributed by atoms with E-state index in [4.69, 9.17) is 4.74 Å². The first kappa shape index (κ1) is 15.6. The van der Waals surface area contributed by atoms with Crippen LogP contribution in [0.3, 0.4) is 0 Å². The quantitative estimate of drug-likeness (QED) is 0.529. The number of hydrogen-bond acceptors (Lipinski definition) is 7. The zero-order chi connectivity index (χ0) is 16.8. The van der Waals surface area contributed by atoms with E-state index < -0.39 is 15.8 Å². The summed E-state index contributed by atoms with van der Waals surface area (Å²) in [5.74, 6) is -0.495. The fourth-order valence-corrected chi connectivity index (χ4v) is 3.79. The van der Waals surface area contributed by atoms with E-state index in [0.29, 0.717) is 20.7 Å². The molecule has 0 unspecified atom stereocenters. The average Bonchev–Trinajstić information content (AvgIpc) is 3.07. The van der Waals surface area contributed by atoms with Gasteiger partial charge in [0.15, 0.2) is 0 Å². The lowest BCUT2D eigenvalue weighted by molar-refractivity contribution is 0.0607. The predicted octanol–water partition coefficient (Wildman–Crippen LogP) is 1.89. The van der Waals surface area contributed by atoms with Gasteiger partial charge >= 0.3 is 5.97 Å². The normalized spacial score (nSPS) is 11.8. The average molecular weight is 351 g/mol. The third-order valence-electron chi connectivity index (χ3n) is 3.31. The Morgan fingerprint density at radius 1 is 1.39 bits per heavy atom. The summed E-state index contributed by atoms with van der Waals surface area (Å²) in [6.45, 7) is 0. The molecule has 0 radical (unpaired) electrons. The second-order valence-corrected chi connectivity index (χ2v) is 7.90. The largest absolute Gasteiger partial charge is 0.465 e. The summed E-state index contributed by atoms with van der Waals surface area (Å²) in [4.78, 5) is 20.5. The Balaban J connectivity index is 2.41. The predicted molar refractivity (Wildman–Crippen MR) is 86.3 cm³/mol. The second-order valence-electron chi connectivity index (χ2n) is 4.94. The van der Waals surface area contributed by atoms with Gasteiger partial charge in [-0.3, -0.25) is 0 Å². The number of methoxy groups -OCH3 is 1. The number of rotatable bonds is 3. The van der Waals surface area contributed by atoms with E-state index >= 15 is 0 Å². The standard InChI is InChI=1S/C14H13N3O4S2/c1-17-6-4-5-8(17)10-11-9(22-12(10)13(18)21-2)7-15-14(16-11)23(3,19)20/h4-7H,1-3H3. The Hall–Kier alpha value is -2.26. The molecule has 0 spiro atoms. The third-order valence-corrected chi connectivity index (χ3v) is 5.26. The van der Waals surface area contributed by atoms with Gasteiger partial charge in [0.05, 0.1) is 28.6 Å². The molecular weight excluding hydrogens is 338 g/mol. The smallest absolute Gasteiger partial charge is 0.348 e. The van der Waals surface area contributed by atoms with Crippen molar-refractivity contribution in [2.24, 2.45) is 7.05 Å². The van der Waals surface area contributed by atoms with E-state index in [1.807, 2.05) is 29.9 Å². The first-order chi connectivity index (χ1) is 10.8. The molecular formula is C14H13N3O4S2. The van der Waals surface area contributed by atoms with Crippen molar-refractivity contribution < 1.29 is 17.9 Å².